The molecule has 1 heterocycles. The lowest BCUT2D eigenvalue weighted by Crippen LogP contribution is -2.44. The number of anilines is 2. The number of nitrogens with one attached hydrogen (secondary N) is 1. The van der Waals surface area contributed by atoms with Crippen LogP contribution in [0.25, 0.3) is 0 Å². The highest BCUT2D eigenvalue weighted by atomic mass is 15.2. The van der Waals surface area contributed by atoms with Crippen molar-refractivity contribution in [1.82, 2.24) is 4.90 Å². The van der Waals surface area contributed by atoms with Crippen LogP contribution in [0.1, 0.15) is 20.3 Å². The number of nitrogens with zero attached hydrogens (tertiary/aromatic N) is 2. The Labute approximate surface area is 111 Å². The molecular formula is C15H25N3. The quantitative estimate of drug-likeness (QED) is 0.882. The summed E-state index contributed by atoms with van der Waals surface area (Å²) in [5, 5.41) is 3.50. The van der Waals surface area contributed by atoms with Gasteiger partial charge in [0.15, 0.2) is 0 Å². The molecule has 1 aromatic carbocycles. The lowest BCUT2D eigenvalue weighted by atomic mass is 10.2. The lowest BCUT2D eigenvalue weighted by molar-refractivity contribution is 0.313. The van der Waals surface area contributed by atoms with E-state index < -0.39 is 0 Å². The molecular weight excluding hydrogens is 222 g/mol. The molecule has 1 unspecified atom stereocenters. The van der Waals surface area contributed by atoms with Gasteiger partial charge < -0.3 is 15.1 Å². The number of benzene rings is 1. The van der Waals surface area contributed by atoms with Crippen LogP contribution in [0.3, 0.4) is 0 Å². The van der Waals surface area contributed by atoms with Crippen molar-refractivity contribution in [1.29, 1.82) is 0 Å². The van der Waals surface area contributed by atoms with E-state index in [2.05, 4.69) is 60.3 Å². The largest absolute Gasteiger partial charge is 0.383 e. The van der Waals surface area contributed by atoms with Gasteiger partial charge in [-0.1, -0.05) is 6.92 Å². The standard InChI is InChI=1S/C15H25N3/c1-4-13(2)16-14-5-7-15(8-6-14)18-11-9-17(3)10-12-18/h5-8,13,16H,4,9-12H2,1-3H3. The van der Waals surface area contributed by atoms with Crippen molar-refractivity contribution >= 4 is 11.4 Å². The number of hydrogen-bond acceptors (Lipinski definition) is 3. The molecule has 3 heteroatoms. The Morgan fingerprint density at radius 2 is 1.72 bits per heavy atom. The van der Waals surface area contributed by atoms with Gasteiger partial charge in [-0.25, -0.2) is 0 Å². The molecule has 0 aromatic heterocycles. The fourth-order valence-electron chi connectivity index (χ4n) is 2.22. The van der Waals surface area contributed by atoms with Gasteiger partial charge in [0.05, 0.1) is 0 Å². The molecule has 0 radical (unpaired) electrons. The molecule has 1 saturated heterocycles. The molecule has 0 saturated carbocycles. The first kappa shape index (κ1) is 13.2. The van der Waals surface area contributed by atoms with Gasteiger partial charge in [0, 0.05) is 43.6 Å². The van der Waals surface area contributed by atoms with E-state index in [1.807, 2.05) is 0 Å². The Kier molecular flexibility index (Phi) is 4.48. The summed E-state index contributed by atoms with van der Waals surface area (Å²) in [6, 6.07) is 9.39. The van der Waals surface area contributed by atoms with Gasteiger partial charge in [-0.15, -0.1) is 0 Å². The SMILES string of the molecule is CCC(C)Nc1ccc(N2CCN(C)CC2)cc1. The van der Waals surface area contributed by atoms with E-state index in [-0.39, 0.29) is 0 Å². The summed E-state index contributed by atoms with van der Waals surface area (Å²) >= 11 is 0. The summed E-state index contributed by atoms with van der Waals surface area (Å²) in [6.45, 7) is 9.01. The maximum Gasteiger partial charge on any atom is 0.0368 e. The highest BCUT2D eigenvalue weighted by Crippen LogP contribution is 2.19. The predicted octanol–water partition coefficient (Wildman–Crippen LogP) is 2.65. The van der Waals surface area contributed by atoms with Crippen molar-refractivity contribution in [2.45, 2.75) is 26.3 Å². The molecule has 0 bridgehead atoms. The smallest absolute Gasteiger partial charge is 0.0368 e. The molecule has 2 rings (SSSR count). The van der Waals surface area contributed by atoms with Crippen molar-refractivity contribution in [2.75, 3.05) is 43.4 Å². The summed E-state index contributed by atoms with van der Waals surface area (Å²) in [4.78, 5) is 4.85. The minimum Gasteiger partial charge on any atom is -0.383 e. The fourth-order valence-corrected chi connectivity index (χ4v) is 2.22. The Morgan fingerprint density at radius 3 is 2.28 bits per heavy atom. The van der Waals surface area contributed by atoms with Crippen LogP contribution in [0, 0.1) is 0 Å². The van der Waals surface area contributed by atoms with Crippen LogP contribution in [0.4, 0.5) is 11.4 Å². The second kappa shape index (κ2) is 6.10. The van der Waals surface area contributed by atoms with E-state index >= 15 is 0 Å². The maximum atomic E-state index is 3.50. The molecule has 1 atom stereocenters. The first-order valence-corrected chi connectivity index (χ1v) is 6.99. The van der Waals surface area contributed by atoms with Gasteiger partial charge in [0.2, 0.25) is 0 Å². The van der Waals surface area contributed by atoms with Crippen molar-refractivity contribution in [2.24, 2.45) is 0 Å². The van der Waals surface area contributed by atoms with Crippen molar-refractivity contribution in [3.63, 3.8) is 0 Å². The van der Waals surface area contributed by atoms with E-state index in [0.29, 0.717) is 6.04 Å². The normalized spacial score (nSPS) is 18.7. The summed E-state index contributed by atoms with van der Waals surface area (Å²) in [6.07, 6.45) is 1.15. The number of rotatable bonds is 4. The summed E-state index contributed by atoms with van der Waals surface area (Å²) in [5.74, 6) is 0. The summed E-state index contributed by atoms with van der Waals surface area (Å²) in [7, 11) is 2.19. The zero-order chi connectivity index (χ0) is 13.0. The van der Waals surface area contributed by atoms with Crippen LogP contribution in [0.5, 0.6) is 0 Å². The number of piperazine rings is 1. The van der Waals surface area contributed by atoms with Crippen LogP contribution in [0.15, 0.2) is 24.3 Å². The third-order valence-corrected chi connectivity index (χ3v) is 3.76. The first-order chi connectivity index (χ1) is 8.69. The topological polar surface area (TPSA) is 18.5 Å². The molecule has 18 heavy (non-hydrogen) atoms. The summed E-state index contributed by atoms with van der Waals surface area (Å²) in [5.41, 5.74) is 2.57. The minimum absolute atomic E-state index is 0.541. The third kappa shape index (κ3) is 3.39. The van der Waals surface area contributed by atoms with Crippen LogP contribution in [-0.2, 0) is 0 Å². The second-order valence-electron chi connectivity index (χ2n) is 5.29. The van der Waals surface area contributed by atoms with Crippen molar-refractivity contribution in [3.8, 4) is 0 Å². The van der Waals surface area contributed by atoms with Gasteiger partial charge in [0.1, 0.15) is 0 Å². The third-order valence-electron chi connectivity index (χ3n) is 3.76. The minimum atomic E-state index is 0.541. The van der Waals surface area contributed by atoms with E-state index in [4.69, 9.17) is 0 Å². The zero-order valence-corrected chi connectivity index (χ0v) is 11.8. The van der Waals surface area contributed by atoms with E-state index in [9.17, 15) is 0 Å². The molecule has 1 N–H and O–H groups in total. The van der Waals surface area contributed by atoms with E-state index in [1.54, 1.807) is 0 Å². The molecule has 1 fully saturated rings. The molecule has 1 aliphatic heterocycles. The van der Waals surface area contributed by atoms with E-state index in [0.717, 1.165) is 32.6 Å². The number of likely N-dealkylation sites (N-methyl/N-ethyl adjacent to an activating group) is 1. The van der Waals surface area contributed by atoms with Crippen molar-refractivity contribution < 1.29 is 0 Å². The average Bonchev–Trinajstić information content (AvgIpc) is 2.40. The van der Waals surface area contributed by atoms with Gasteiger partial charge in [-0.05, 0) is 44.7 Å². The van der Waals surface area contributed by atoms with Crippen LogP contribution < -0.4 is 10.2 Å². The molecule has 1 aromatic rings. The monoisotopic (exact) mass is 247 g/mol. The Balaban J connectivity index is 1.95. The fraction of sp³-hybridized carbons (Fsp3) is 0.600. The van der Waals surface area contributed by atoms with Crippen LogP contribution in [-0.4, -0.2) is 44.2 Å². The van der Waals surface area contributed by atoms with Gasteiger partial charge >= 0.3 is 0 Å². The first-order valence-electron chi connectivity index (χ1n) is 6.99. The van der Waals surface area contributed by atoms with Gasteiger partial charge in [-0.3, -0.25) is 0 Å². The number of hydrogen-bond donors (Lipinski definition) is 1. The summed E-state index contributed by atoms with van der Waals surface area (Å²) < 4.78 is 0. The predicted molar refractivity (Wildman–Crippen MR) is 79.5 cm³/mol. The van der Waals surface area contributed by atoms with Crippen LogP contribution in [0.2, 0.25) is 0 Å². The van der Waals surface area contributed by atoms with Gasteiger partial charge in [-0.2, -0.15) is 0 Å². The molecule has 1 aliphatic rings. The molecule has 0 spiro atoms. The Morgan fingerprint density at radius 1 is 1.11 bits per heavy atom. The average molecular weight is 247 g/mol. The zero-order valence-electron chi connectivity index (χ0n) is 11.8. The van der Waals surface area contributed by atoms with Crippen LogP contribution >= 0.6 is 0 Å². The van der Waals surface area contributed by atoms with E-state index in [1.165, 1.54) is 11.4 Å². The molecule has 3 nitrogen and oxygen atoms in total. The van der Waals surface area contributed by atoms with Crippen molar-refractivity contribution in [3.05, 3.63) is 24.3 Å². The maximum absolute atomic E-state index is 3.50. The Bertz CT molecular complexity index is 353. The highest BCUT2D eigenvalue weighted by molar-refractivity contribution is 5.55. The second-order valence-corrected chi connectivity index (χ2v) is 5.29. The Hall–Kier alpha value is -1.22. The molecule has 0 amide bonds. The lowest BCUT2D eigenvalue weighted by Gasteiger charge is -2.34. The van der Waals surface area contributed by atoms with Gasteiger partial charge in [0.25, 0.3) is 0 Å². The molecule has 0 aliphatic carbocycles. The highest BCUT2D eigenvalue weighted by Gasteiger charge is 2.13. The molecule has 100 valence electrons.